The van der Waals surface area contributed by atoms with Gasteiger partial charge in [0.15, 0.2) is 0 Å². The highest BCUT2D eigenvalue weighted by Gasteiger charge is 2.14. The van der Waals surface area contributed by atoms with Crippen LogP contribution >= 0.6 is 0 Å². The van der Waals surface area contributed by atoms with Crippen LogP contribution in [-0.2, 0) is 0 Å². The molecular formula is C5H7N6. The molecule has 0 saturated heterocycles. The number of hydrazine groups is 1. The van der Waals surface area contributed by atoms with E-state index < -0.39 is 0 Å². The fourth-order valence-corrected chi connectivity index (χ4v) is 0.959. The predicted molar refractivity (Wildman–Crippen MR) is 38.9 cm³/mol. The first-order valence-corrected chi connectivity index (χ1v) is 3.08. The van der Waals surface area contributed by atoms with Gasteiger partial charge < -0.3 is 5.73 Å². The van der Waals surface area contributed by atoms with Crippen molar-refractivity contribution < 1.29 is 0 Å². The fourth-order valence-electron chi connectivity index (χ4n) is 0.959. The van der Waals surface area contributed by atoms with Crippen LogP contribution in [0, 0.1) is 6.33 Å². The Labute approximate surface area is 63.1 Å². The van der Waals surface area contributed by atoms with Crippen LogP contribution in [0.25, 0.3) is 6.20 Å². The molecule has 1 aromatic rings. The average molecular weight is 151 g/mol. The smallest absolute Gasteiger partial charge is 0.243 e. The summed E-state index contributed by atoms with van der Waals surface area (Å²) in [5, 5.41) is 5.18. The molecular weight excluding hydrogens is 144 g/mol. The fraction of sp³-hybridized carbons (Fsp3) is 0.200. The van der Waals surface area contributed by atoms with Crippen molar-refractivity contribution in [2.75, 3.05) is 11.6 Å². The van der Waals surface area contributed by atoms with Crippen molar-refractivity contribution in [3.8, 4) is 0 Å². The molecule has 2 heterocycles. The number of hydrogen-bond donors (Lipinski definition) is 2. The lowest BCUT2D eigenvalue weighted by Crippen LogP contribution is -2.39. The van der Waals surface area contributed by atoms with Gasteiger partial charge in [0.25, 0.3) is 0 Å². The predicted octanol–water partition coefficient (Wildman–Crippen LogP) is -1.47. The Morgan fingerprint density at radius 2 is 2.45 bits per heavy atom. The maximum absolute atomic E-state index is 5.55. The minimum Gasteiger partial charge on any atom is -0.399 e. The number of rotatable bonds is 0. The van der Waals surface area contributed by atoms with Gasteiger partial charge in [-0.25, -0.2) is 10.5 Å². The second-order valence-corrected chi connectivity index (χ2v) is 2.29. The van der Waals surface area contributed by atoms with E-state index in [0.717, 1.165) is 0 Å². The molecule has 1 radical (unpaired) electrons. The van der Waals surface area contributed by atoms with Crippen LogP contribution in [0.3, 0.4) is 0 Å². The first-order valence-electron chi connectivity index (χ1n) is 3.08. The summed E-state index contributed by atoms with van der Waals surface area (Å²) in [6.45, 7) is 0.479. The van der Waals surface area contributed by atoms with E-state index >= 15 is 0 Å². The van der Waals surface area contributed by atoms with E-state index in [-0.39, 0.29) is 0 Å². The molecule has 0 aliphatic carbocycles. The molecule has 4 N–H and O–H groups in total. The summed E-state index contributed by atoms with van der Waals surface area (Å²) < 4.78 is 1.48. The van der Waals surface area contributed by atoms with E-state index in [0.29, 0.717) is 18.2 Å². The van der Waals surface area contributed by atoms with E-state index in [1.54, 1.807) is 6.20 Å². The lowest BCUT2D eigenvalue weighted by molar-refractivity contribution is 0.777. The molecule has 0 atom stereocenters. The monoisotopic (exact) mass is 151 g/mol. The van der Waals surface area contributed by atoms with Gasteiger partial charge in [0.2, 0.25) is 12.3 Å². The van der Waals surface area contributed by atoms with Crippen LogP contribution < -0.4 is 16.6 Å². The Morgan fingerprint density at radius 3 is 3.27 bits per heavy atom. The summed E-state index contributed by atoms with van der Waals surface area (Å²) in [6.07, 6.45) is 4.10. The van der Waals surface area contributed by atoms with Crippen molar-refractivity contribution in [2.45, 2.75) is 0 Å². The molecule has 57 valence electrons. The average Bonchev–Trinajstić information content (AvgIpc) is 2.34. The Balaban J connectivity index is 2.51. The Morgan fingerprint density at radius 1 is 1.64 bits per heavy atom. The van der Waals surface area contributed by atoms with Crippen molar-refractivity contribution in [1.29, 1.82) is 0 Å². The third-order valence-corrected chi connectivity index (χ3v) is 1.41. The van der Waals surface area contributed by atoms with Crippen molar-refractivity contribution in [1.82, 2.24) is 14.8 Å². The van der Waals surface area contributed by atoms with Crippen LogP contribution in [0.4, 0.5) is 5.95 Å². The molecule has 11 heavy (non-hydrogen) atoms. The summed E-state index contributed by atoms with van der Waals surface area (Å²) in [4.78, 5) is 3.80. The number of fused-ring (bicyclic) bond motifs is 1. The number of hydrogen-bond acceptors (Lipinski definition) is 5. The zero-order valence-electron chi connectivity index (χ0n) is 5.73. The maximum Gasteiger partial charge on any atom is 0.243 e. The largest absolute Gasteiger partial charge is 0.399 e. The minimum atomic E-state index is 0.479. The number of aromatic nitrogens is 3. The van der Waals surface area contributed by atoms with Gasteiger partial charge in [-0.2, -0.15) is 4.98 Å². The van der Waals surface area contributed by atoms with Gasteiger partial charge in [0.1, 0.15) is 0 Å². The van der Waals surface area contributed by atoms with Crippen LogP contribution in [-0.4, -0.2) is 21.3 Å². The minimum absolute atomic E-state index is 0.479. The summed E-state index contributed by atoms with van der Waals surface area (Å²) in [5.74, 6) is 6.11. The quantitative estimate of drug-likeness (QED) is 0.442. The van der Waals surface area contributed by atoms with Crippen LogP contribution in [0.15, 0.2) is 5.70 Å². The molecule has 1 aliphatic heterocycles. The molecule has 2 rings (SSSR count). The molecule has 0 fully saturated rings. The zero-order chi connectivity index (χ0) is 7.84. The standard InChI is InChI=1S/C5H7N6/c6-4-1-10(7)5-8-3-9-11(5)2-4/h2H,1,6-7H2. The molecule has 0 amide bonds. The van der Waals surface area contributed by atoms with E-state index in [4.69, 9.17) is 11.6 Å². The summed E-state index contributed by atoms with van der Waals surface area (Å²) in [6, 6.07) is 0. The zero-order valence-corrected chi connectivity index (χ0v) is 5.73. The van der Waals surface area contributed by atoms with Gasteiger partial charge in [0, 0.05) is 5.70 Å². The third kappa shape index (κ3) is 0.838. The molecule has 6 heteroatoms. The lowest BCUT2D eigenvalue weighted by atomic mass is 10.4. The first-order chi connectivity index (χ1) is 5.27. The highest BCUT2D eigenvalue weighted by atomic mass is 15.5. The molecule has 1 aliphatic rings. The number of anilines is 1. The normalized spacial score (nSPS) is 16.1. The van der Waals surface area contributed by atoms with Crippen molar-refractivity contribution in [3.63, 3.8) is 0 Å². The topological polar surface area (TPSA) is 86.0 Å². The van der Waals surface area contributed by atoms with E-state index in [9.17, 15) is 0 Å². The molecule has 0 unspecified atom stereocenters. The van der Waals surface area contributed by atoms with Crippen molar-refractivity contribution in [2.24, 2.45) is 11.6 Å². The molecule has 6 nitrogen and oxygen atoms in total. The van der Waals surface area contributed by atoms with E-state index in [1.165, 1.54) is 9.69 Å². The molecule has 0 spiro atoms. The van der Waals surface area contributed by atoms with Crippen LogP contribution in [0.1, 0.15) is 0 Å². The molecule has 0 aromatic carbocycles. The van der Waals surface area contributed by atoms with Crippen LogP contribution in [0.5, 0.6) is 0 Å². The summed E-state index contributed by atoms with van der Waals surface area (Å²) in [7, 11) is 0. The maximum atomic E-state index is 5.55. The van der Waals surface area contributed by atoms with E-state index in [2.05, 4.69) is 16.4 Å². The van der Waals surface area contributed by atoms with E-state index in [1.807, 2.05) is 0 Å². The Kier molecular flexibility index (Phi) is 1.10. The second-order valence-electron chi connectivity index (χ2n) is 2.29. The van der Waals surface area contributed by atoms with Crippen molar-refractivity contribution in [3.05, 3.63) is 12.0 Å². The second kappa shape index (κ2) is 1.96. The van der Waals surface area contributed by atoms with Gasteiger partial charge in [-0.3, -0.25) is 5.01 Å². The van der Waals surface area contributed by atoms with Gasteiger partial charge in [0.05, 0.1) is 12.7 Å². The number of nitrogens with two attached hydrogens (primary N) is 2. The SMILES string of the molecule is NC1=Cn2n[c]nc2N(N)C1. The third-order valence-electron chi connectivity index (χ3n) is 1.41. The summed E-state index contributed by atoms with van der Waals surface area (Å²) in [5.41, 5.74) is 6.19. The molecule has 0 bridgehead atoms. The van der Waals surface area contributed by atoms with Gasteiger partial charge in [-0.15, -0.1) is 5.10 Å². The van der Waals surface area contributed by atoms with Crippen molar-refractivity contribution >= 4 is 12.1 Å². The lowest BCUT2D eigenvalue weighted by Gasteiger charge is -2.20. The Bertz CT molecular complexity index is 300. The highest BCUT2D eigenvalue weighted by molar-refractivity contribution is 5.46. The summed E-state index contributed by atoms with van der Waals surface area (Å²) >= 11 is 0. The number of nitrogens with zero attached hydrogens (tertiary/aromatic N) is 4. The Hall–Kier alpha value is -1.56. The first kappa shape index (κ1) is 6.17. The van der Waals surface area contributed by atoms with Gasteiger partial charge >= 0.3 is 0 Å². The van der Waals surface area contributed by atoms with Gasteiger partial charge in [-0.1, -0.05) is 0 Å². The molecule has 1 aromatic heterocycles. The van der Waals surface area contributed by atoms with Gasteiger partial charge in [-0.05, 0) is 0 Å². The highest BCUT2D eigenvalue weighted by Crippen LogP contribution is 2.11. The van der Waals surface area contributed by atoms with Crippen LogP contribution in [0.2, 0.25) is 0 Å². The molecule has 0 saturated carbocycles.